The molecule has 1 aliphatic rings. The SMILES string of the molecule is COc1ccc(F)cc1C[NH+]1CC[NH+](Cc2ccccc2[N+](=O)[O-])CC1. The number of quaternary nitrogens is 2. The highest BCUT2D eigenvalue weighted by molar-refractivity contribution is 5.39. The van der Waals surface area contributed by atoms with Crippen molar-refractivity contribution in [2.24, 2.45) is 0 Å². The van der Waals surface area contributed by atoms with Gasteiger partial charge in [-0.25, -0.2) is 4.39 Å². The molecule has 0 saturated carbocycles. The molecule has 2 aromatic rings. The minimum Gasteiger partial charge on any atom is -0.496 e. The quantitative estimate of drug-likeness (QED) is 0.572. The number of para-hydroxylation sites is 1. The van der Waals surface area contributed by atoms with E-state index in [1.807, 2.05) is 12.1 Å². The highest BCUT2D eigenvalue weighted by Gasteiger charge is 2.26. The molecule has 0 amide bonds. The minimum atomic E-state index is -0.313. The molecule has 0 spiro atoms. The van der Waals surface area contributed by atoms with Crippen LogP contribution in [0, 0.1) is 15.9 Å². The van der Waals surface area contributed by atoms with E-state index in [1.54, 1.807) is 31.4 Å². The van der Waals surface area contributed by atoms with Crippen LogP contribution >= 0.6 is 0 Å². The molecule has 2 N–H and O–H groups in total. The summed E-state index contributed by atoms with van der Waals surface area (Å²) in [6.07, 6.45) is 0. The molecule has 0 aliphatic carbocycles. The van der Waals surface area contributed by atoms with Gasteiger partial charge in [0.05, 0.1) is 23.2 Å². The molecule has 26 heavy (non-hydrogen) atoms. The lowest BCUT2D eigenvalue weighted by Gasteiger charge is -2.30. The fraction of sp³-hybridized carbons (Fsp3) is 0.368. The van der Waals surface area contributed by atoms with Gasteiger partial charge in [0.2, 0.25) is 0 Å². The van der Waals surface area contributed by atoms with Gasteiger partial charge in [0.25, 0.3) is 5.69 Å². The van der Waals surface area contributed by atoms with Crippen LogP contribution in [-0.2, 0) is 13.1 Å². The molecule has 1 aliphatic heterocycles. The van der Waals surface area contributed by atoms with E-state index in [4.69, 9.17) is 4.74 Å². The van der Waals surface area contributed by atoms with Crippen molar-refractivity contribution in [3.63, 3.8) is 0 Å². The molecule has 1 heterocycles. The average Bonchev–Trinajstić information content (AvgIpc) is 2.64. The number of nitro groups is 1. The van der Waals surface area contributed by atoms with E-state index >= 15 is 0 Å². The number of nitrogens with one attached hydrogen (secondary N) is 2. The van der Waals surface area contributed by atoms with E-state index in [0.29, 0.717) is 12.3 Å². The summed E-state index contributed by atoms with van der Waals surface area (Å²) < 4.78 is 18.8. The van der Waals surface area contributed by atoms with Crippen LogP contribution in [0.4, 0.5) is 10.1 Å². The van der Waals surface area contributed by atoms with Gasteiger partial charge >= 0.3 is 0 Å². The van der Waals surface area contributed by atoms with Crippen molar-refractivity contribution in [3.05, 3.63) is 69.5 Å². The largest absolute Gasteiger partial charge is 0.496 e. The minimum absolute atomic E-state index is 0.194. The van der Waals surface area contributed by atoms with Crippen LogP contribution in [0.15, 0.2) is 42.5 Å². The summed E-state index contributed by atoms with van der Waals surface area (Å²) in [6.45, 7) is 5.12. The topological polar surface area (TPSA) is 61.2 Å². The third-order valence-electron chi connectivity index (χ3n) is 4.98. The lowest BCUT2D eigenvalue weighted by Crippen LogP contribution is -3.27. The number of hydrogen-bond acceptors (Lipinski definition) is 3. The molecule has 138 valence electrons. The normalized spacial score (nSPS) is 19.9. The van der Waals surface area contributed by atoms with Crippen LogP contribution in [-0.4, -0.2) is 38.2 Å². The summed E-state index contributed by atoms with van der Waals surface area (Å²) in [5.74, 6) is 0.467. The number of nitro benzene ring substituents is 1. The maximum Gasteiger partial charge on any atom is 0.278 e. The first kappa shape index (κ1) is 18.3. The lowest BCUT2D eigenvalue weighted by molar-refractivity contribution is -1.02. The van der Waals surface area contributed by atoms with Gasteiger partial charge in [0, 0.05) is 6.07 Å². The second kappa shape index (κ2) is 8.25. The Balaban J connectivity index is 1.58. The Bertz CT molecular complexity index is 776. The number of rotatable bonds is 6. The third-order valence-corrected chi connectivity index (χ3v) is 4.98. The molecule has 0 aromatic heterocycles. The molecule has 1 saturated heterocycles. The number of ether oxygens (including phenoxy) is 1. The molecule has 3 rings (SSSR count). The molecule has 0 unspecified atom stereocenters. The highest BCUT2D eigenvalue weighted by Crippen LogP contribution is 2.18. The van der Waals surface area contributed by atoms with E-state index in [9.17, 15) is 14.5 Å². The fourth-order valence-electron chi connectivity index (χ4n) is 3.57. The van der Waals surface area contributed by atoms with Crippen LogP contribution in [0.2, 0.25) is 0 Å². The van der Waals surface area contributed by atoms with E-state index in [1.165, 1.54) is 15.9 Å². The van der Waals surface area contributed by atoms with E-state index in [-0.39, 0.29) is 16.4 Å². The molecule has 6 nitrogen and oxygen atoms in total. The Morgan fingerprint density at radius 1 is 1.04 bits per heavy atom. The number of methoxy groups -OCH3 is 1. The second-order valence-corrected chi connectivity index (χ2v) is 6.70. The van der Waals surface area contributed by atoms with Crippen molar-refractivity contribution in [2.75, 3.05) is 33.3 Å². The summed E-state index contributed by atoms with van der Waals surface area (Å²) in [5, 5.41) is 11.2. The number of benzene rings is 2. The van der Waals surface area contributed by atoms with Crippen molar-refractivity contribution in [2.45, 2.75) is 13.1 Å². The monoisotopic (exact) mass is 361 g/mol. The first-order valence-electron chi connectivity index (χ1n) is 8.78. The predicted octanol–water partition coefficient (Wildman–Crippen LogP) is 0.226. The Hall–Kier alpha value is -2.51. The fourth-order valence-corrected chi connectivity index (χ4v) is 3.57. The number of hydrogen-bond donors (Lipinski definition) is 2. The summed E-state index contributed by atoms with van der Waals surface area (Å²) >= 11 is 0. The maximum absolute atomic E-state index is 13.5. The second-order valence-electron chi connectivity index (χ2n) is 6.70. The van der Waals surface area contributed by atoms with Crippen molar-refractivity contribution < 1.29 is 23.9 Å². The van der Waals surface area contributed by atoms with Crippen LogP contribution < -0.4 is 14.5 Å². The molecule has 1 fully saturated rings. The van der Waals surface area contributed by atoms with Gasteiger partial charge in [-0.2, -0.15) is 0 Å². The zero-order valence-corrected chi connectivity index (χ0v) is 14.8. The van der Waals surface area contributed by atoms with Crippen LogP contribution in [0.5, 0.6) is 5.75 Å². The number of nitrogens with zero attached hydrogens (tertiary/aromatic N) is 1. The van der Waals surface area contributed by atoms with E-state index in [0.717, 1.165) is 43.9 Å². The molecule has 7 heteroatoms. The van der Waals surface area contributed by atoms with Gasteiger partial charge < -0.3 is 14.5 Å². The number of halogens is 1. The Morgan fingerprint density at radius 3 is 2.27 bits per heavy atom. The first-order valence-corrected chi connectivity index (χ1v) is 8.78. The van der Waals surface area contributed by atoms with Crippen molar-refractivity contribution in [3.8, 4) is 5.75 Å². The zero-order chi connectivity index (χ0) is 18.5. The molecular formula is C19H24FN3O3+2. The smallest absolute Gasteiger partial charge is 0.278 e. The molecule has 2 aromatic carbocycles. The summed E-state index contributed by atoms with van der Waals surface area (Å²) in [4.78, 5) is 13.6. The molecule has 0 bridgehead atoms. The zero-order valence-electron chi connectivity index (χ0n) is 14.8. The summed E-state index contributed by atoms with van der Waals surface area (Å²) in [6, 6.07) is 11.6. The Morgan fingerprint density at radius 2 is 1.65 bits per heavy atom. The van der Waals surface area contributed by atoms with Crippen molar-refractivity contribution in [1.82, 2.24) is 0 Å². The van der Waals surface area contributed by atoms with Gasteiger partial charge in [-0.15, -0.1) is 0 Å². The number of piperazine rings is 1. The van der Waals surface area contributed by atoms with Crippen LogP contribution in [0.3, 0.4) is 0 Å². The first-order chi connectivity index (χ1) is 12.6. The van der Waals surface area contributed by atoms with Gasteiger partial charge in [-0.05, 0) is 24.3 Å². The predicted molar refractivity (Wildman–Crippen MR) is 94.8 cm³/mol. The summed E-state index contributed by atoms with van der Waals surface area (Å²) in [7, 11) is 1.60. The maximum atomic E-state index is 13.5. The van der Waals surface area contributed by atoms with E-state index < -0.39 is 0 Å². The van der Waals surface area contributed by atoms with Gasteiger partial charge in [0.1, 0.15) is 50.8 Å². The Kier molecular flexibility index (Phi) is 5.80. The highest BCUT2D eigenvalue weighted by atomic mass is 19.1. The molecular weight excluding hydrogens is 337 g/mol. The molecule has 0 radical (unpaired) electrons. The van der Waals surface area contributed by atoms with Crippen LogP contribution in [0.25, 0.3) is 0 Å². The third kappa shape index (κ3) is 4.36. The van der Waals surface area contributed by atoms with Crippen LogP contribution in [0.1, 0.15) is 11.1 Å². The van der Waals surface area contributed by atoms with Crippen molar-refractivity contribution in [1.29, 1.82) is 0 Å². The standard InChI is InChI=1S/C19H22FN3O3/c1-26-19-7-6-17(20)12-16(19)14-22-10-8-21(9-11-22)13-15-4-2-3-5-18(15)23(24)25/h2-7,12H,8-11,13-14H2,1H3/p+2. The Labute approximate surface area is 151 Å². The van der Waals surface area contributed by atoms with Gasteiger partial charge in [-0.1, -0.05) is 12.1 Å². The van der Waals surface area contributed by atoms with E-state index in [2.05, 4.69) is 0 Å². The van der Waals surface area contributed by atoms with Crippen molar-refractivity contribution >= 4 is 5.69 Å². The average molecular weight is 361 g/mol. The summed E-state index contributed by atoms with van der Waals surface area (Å²) in [5.41, 5.74) is 1.85. The lowest BCUT2D eigenvalue weighted by atomic mass is 10.1. The van der Waals surface area contributed by atoms with Gasteiger partial charge in [0.15, 0.2) is 0 Å². The molecule has 0 atom stereocenters. The van der Waals surface area contributed by atoms with Gasteiger partial charge in [-0.3, -0.25) is 10.1 Å².